The van der Waals surface area contributed by atoms with Gasteiger partial charge in [0.15, 0.2) is 5.13 Å². The van der Waals surface area contributed by atoms with E-state index in [1.54, 1.807) is 35.4 Å². The average molecular weight is 404 g/mol. The molecule has 7 heteroatoms. The number of halogens is 2. The highest BCUT2D eigenvalue weighted by Gasteiger charge is 2.20. The number of amides is 1. The molecule has 0 fully saturated rings. The first kappa shape index (κ1) is 18.6. The van der Waals surface area contributed by atoms with Crippen LogP contribution in [0.4, 0.5) is 5.13 Å². The van der Waals surface area contributed by atoms with Crippen LogP contribution in [0, 0.1) is 6.92 Å². The van der Waals surface area contributed by atoms with Crippen molar-refractivity contribution >= 4 is 45.6 Å². The van der Waals surface area contributed by atoms with Crippen molar-refractivity contribution in [1.82, 2.24) is 9.97 Å². The molecule has 0 aliphatic carbocycles. The smallest absolute Gasteiger partial charge is 0.261 e. The van der Waals surface area contributed by atoms with Crippen molar-refractivity contribution in [3.05, 3.63) is 75.9 Å². The Bertz CT molecular complexity index is 954. The Labute approximate surface area is 165 Å². The predicted octanol–water partition coefficient (Wildman–Crippen LogP) is 5.65. The Morgan fingerprint density at radius 3 is 2.73 bits per heavy atom. The van der Waals surface area contributed by atoms with Crippen LogP contribution in [0.1, 0.15) is 16.1 Å². The fourth-order valence-corrected chi connectivity index (χ4v) is 3.44. The molecular formula is C19H15Cl2N3OS. The fraction of sp³-hybridized carbons (Fsp3) is 0.105. The molecule has 0 atom stereocenters. The number of hydrogen-bond acceptors (Lipinski definition) is 4. The lowest BCUT2D eigenvalue weighted by molar-refractivity contribution is 0.0989. The van der Waals surface area contributed by atoms with Crippen molar-refractivity contribution in [1.29, 1.82) is 0 Å². The zero-order valence-electron chi connectivity index (χ0n) is 13.9. The molecule has 1 aromatic carbocycles. The number of pyridine rings is 1. The maximum Gasteiger partial charge on any atom is 0.261 e. The van der Waals surface area contributed by atoms with Gasteiger partial charge >= 0.3 is 0 Å². The van der Waals surface area contributed by atoms with Crippen LogP contribution in [0.5, 0.6) is 0 Å². The third-order valence-electron chi connectivity index (χ3n) is 3.65. The van der Waals surface area contributed by atoms with Gasteiger partial charge in [-0.15, -0.1) is 17.9 Å². The third kappa shape index (κ3) is 3.96. The minimum atomic E-state index is -0.174. The maximum absolute atomic E-state index is 12.9. The van der Waals surface area contributed by atoms with Gasteiger partial charge in [0.1, 0.15) is 0 Å². The van der Waals surface area contributed by atoms with Gasteiger partial charge in [-0.1, -0.05) is 35.3 Å². The van der Waals surface area contributed by atoms with E-state index in [1.165, 1.54) is 11.3 Å². The fourth-order valence-electron chi connectivity index (χ4n) is 2.30. The summed E-state index contributed by atoms with van der Waals surface area (Å²) in [6.07, 6.45) is 3.24. The van der Waals surface area contributed by atoms with Crippen molar-refractivity contribution < 1.29 is 4.79 Å². The summed E-state index contributed by atoms with van der Waals surface area (Å²) < 4.78 is 0. The highest BCUT2D eigenvalue weighted by Crippen LogP contribution is 2.32. The molecule has 0 aliphatic rings. The number of carbonyl (C=O) groups is 1. The molecule has 0 spiro atoms. The van der Waals surface area contributed by atoms with E-state index in [4.69, 9.17) is 23.2 Å². The molecule has 2 aromatic heterocycles. The van der Waals surface area contributed by atoms with Gasteiger partial charge in [-0.05, 0) is 31.2 Å². The van der Waals surface area contributed by atoms with Gasteiger partial charge < -0.3 is 0 Å². The first-order valence-electron chi connectivity index (χ1n) is 7.76. The van der Waals surface area contributed by atoms with Gasteiger partial charge in [-0.2, -0.15) is 0 Å². The van der Waals surface area contributed by atoms with Crippen molar-refractivity contribution in [3.63, 3.8) is 0 Å². The second kappa shape index (κ2) is 7.99. The summed E-state index contributed by atoms with van der Waals surface area (Å²) in [5.74, 6) is -0.174. The Morgan fingerprint density at radius 1 is 1.27 bits per heavy atom. The number of aryl methyl sites for hydroxylation is 1. The summed E-state index contributed by atoms with van der Waals surface area (Å²) in [7, 11) is 0. The number of anilines is 1. The van der Waals surface area contributed by atoms with E-state index < -0.39 is 0 Å². The summed E-state index contributed by atoms with van der Waals surface area (Å²) in [4.78, 5) is 23.2. The van der Waals surface area contributed by atoms with Crippen LogP contribution in [0.3, 0.4) is 0 Å². The van der Waals surface area contributed by atoms with E-state index >= 15 is 0 Å². The number of nitrogens with zero attached hydrogens (tertiary/aromatic N) is 3. The molecule has 4 nitrogen and oxygen atoms in total. The van der Waals surface area contributed by atoms with Crippen LogP contribution < -0.4 is 4.90 Å². The third-order valence-corrected chi connectivity index (χ3v) is 5.26. The van der Waals surface area contributed by atoms with Crippen molar-refractivity contribution in [2.45, 2.75) is 6.92 Å². The van der Waals surface area contributed by atoms with E-state index in [9.17, 15) is 4.79 Å². The minimum Gasteiger partial charge on any atom is -0.280 e. The molecule has 0 radical (unpaired) electrons. The molecule has 0 bridgehead atoms. The first-order valence-corrected chi connectivity index (χ1v) is 9.39. The summed E-state index contributed by atoms with van der Waals surface area (Å²) in [5.41, 5.74) is 2.93. The van der Waals surface area contributed by atoms with Crippen LogP contribution in [0.15, 0.2) is 54.6 Å². The second-order valence-electron chi connectivity index (χ2n) is 5.54. The number of thiazole rings is 1. The highest BCUT2D eigenvalue weighted by molar-refractivity contribution is 7.14. The molecule has 0 saturated carbocycles. The van der Waals surface area contributed by atoms with Gasteiger partial charge in [0, 0.05) is 29.4 Å². The standard InChI is InChI=1S/C19H15Cl2N3OS/c1-3-8-24(18(25)14-5-4-12(2)22-10-14)19-23-17(11-26-19)13-6-7-15(20)16(21)9-13/h3-7,9-11H,1,8H2,2H3. The van der Waals surface area contributed by atoms with E-state index in [-0.39, 0.29) is 5.91 Å². The largest absolute Gasteiger partial charge is 0.280 e. The molecule has 26 heavy (non-hydrogen) atoms. The van der Waals surface area contributed by atoms with Crippen molar-refractivity contribution in [3.8, 4) is 11.3 Å². The monoisotopic (exact) mass is 403 g/mol. The molecule has 132 valence electrons. The van der Waals surface area contributed by atoms with Crippen LogP contribution >= 0.6 is 34.5 Å². The lowest BCUT2D eigenvalue weighted by Crippen LogP contribution is -2.31. The molecule has 2 heterocycles. The Balaban J connectivity index is 1.92. The Hall–Kier alpha value is -2.21. The molecule has 3 rings (SSSR count). The Morgan fingerprint density at radius 2 is 2.08 bits per heavy atom. The predicted molar refractivity (Wildman–Crippen MR) is 108 cm³/mol. The highest BCUT2D eigenvalue weighted by atomic mass is 35.5. The normalized spacial score (nSPS) is 10.6. The number of hydrogen-bond donors (Lipinski definition) is 0. The number of benzene rings is 1. The molecule has 3 aromatic rings. The Kier molecular flexibility index (Phi) is 5.71. The van der Waals surface area contributed by atoms with Gasteiger partial charge in [0.2, 0.25) is 0 Å². The van der Waals surface area contributed by atoms with E-state index in [1.807, 2.05) is 24.4 Å². The van der Waals surface area contributed by atoms with E-state index in [0.717, 1.165) is 17.0 Å². The van der Waals surface area contributed by atoms with Crippen LogP contribution in [0.25, 0.3) is 11.3 Å². The van der Waals surface area contributed by atoms with Crippen LogP contribution in [-0.4, -0.2) is 22.4 Å². The first-order chi connectivity index (χ1) is 12.5. The topological polar surface area (TPSA) is 46.1 Å². The molecule has 1 amide bonds. The molecule has 0 N–H and O–H groups in total. The van der Waals surface area contributed by atoms with Gasteiger partial charge in [-0.3, -0.25) is 14.7 Å². The molecule has 0 saturated heterocycles. The zero-order chi connectivity index (χ0) is 18.7. The SMILES string of the molecule is C=CCN(C(=O)c1ccc(C)nc1)c1nc(-c2ccc(Cl)c(Cl)c2)cs1. The lowest BCUT2D eigenvalue weighted by atomic mass is 10.2. The average Bonchev–Trinajstić information content (AvgIpc) is 3.12. The van der Waals surface area contributed by atoms with Crippen LogP contribution in [0.2, 0.25) is 10.0 Å². The molecular weight excluding hydrogens is 389 g/mol. The van der Waals surface area contributed by atoms with Gasteiger partial charge in [0.25, 0.3) is 5.91 Å². The minimum absolute atomic E-state index is 0.174. The van der Waals surface area contributed by atoms with Gasteiger partial charge in [-0.25, -0.2) is 4.98 Å². The van der Waals surface area contributed by atoms with Crippen molar-refractivity contribution in [2.75, 3.05) is 11.4 Å². The summed E-state index contributed by atoms with van der Waals surface area (Å²) >= 11 is 13.4. The summed E-state index contributed by atoms with van der Waals surface area (Å²) in [6, 6.07) is 8.89. The maximum atomic E-state index is 12.9. The number of carbonyl (C=O) groups excluding carboxylic acids is 1. The summed E-state index contributed by atoms with van der Waals surface area (Å²) in [5, 5.41) is 3.41. The quantitative estimate of drug-likeness (QED) is 0.516. The zero-order valence-corrected chi connectivity index (χ0v) is 16.3. The molecule has 0 aliphatic heterocycles. The lowest BCUT2D eigenvalue weighted by Gasteiger charge is -2.18. The van der Waals surface area contributed by atoms with E-state index in [0.29, 0.717) is 27.3 Å². The van der Waals surface area contributed by atoms with Crippen LogP contribution in [-0.2, 0) is 0 Å². The van der Waals surface area contributed by atoms with E-state index in [2.05, 4.69) is 16.5 Å². The number of rotatable bonds is 5. The second-order valence-corrected chi connectivity index (χ2v) is 7.19. The number of aromatic nitrogens is 2. The molecule has 0 unspecified atom stereocenters. The summed E-state index contributed by atoms with van der Waals surface area (Å²) in [6.45, 7) is 5.96. The van der Waals surface area contributed by atoms with Gasteiger partial charge in [0.05, 0.1) is 21.3 Å². The van der Waals surface area contributed by atoms with Crippen molar-refractivity contribution in [2.24, 2.45) is 0 Å².